The zero-order valence-corrected chi connectivity index (χ0v) is 20.5. The predicted molar refractivity (Wildman–Crippen MR) is 123 cm³/mol. The number of carbonyl (C=O) groups excluding carboxylic acids is 2. The second-order valence-corrected chi connectivity index (χ2v) is 10.5. The van der Waals surface area contributed by atoms with Crippen molar-refractivity contribution in [3.63, 3.8) is 0 Å². The fourth-order valence-electron chi connectivity index (χ4n) is 5.01. The van der Waals surface area contributed by atoms with Crippen LogP contribution in [-0.4, -0.2) is 76.0 Å². The molecule has 0 aromatic rings. The Hall–Kier alpha value is -1.22. The molecule has 0 N–H and O–H groups in total. The van der Waals surface area contributed by atoms with Crippen LogP contribution in [0.25, 0.3) is 0 Å². The molecule has 2 aliphatic carbocycles. The smallest absolute Gasteiger partial charge is 0.305 e. The third-order valence-corrected chi connectivity index (χ3v) is 7.28. The van der Waals surface area contributed by atoms with Crippen molar-refractivity contribution in [2.45, 2.75) is 101 Å². The summed E-state index contributed by atoms with van der Waals surface area (Å²) in [5.41, 5.74) is 0. The second kappa shape index (κ2) is 13.8. The van der Waals surface area contributed by atoms with Gasteiger partial charge in [-0.2, -0.15) is 0 Å². The van der Waals surface area contributed by atoms with Gasteiger partial charge in [-0.3, -0.25) is 9.59 Å². The average Bonchev–Trinajstić information content (AvgIpc) is 3.77. The largest absolute Gasteiger partial charge is 0.465 e. The highest BCUT2D eigenvalue weighted by Crippen LogP contribution is 2.29. The number of ether oxygens (including phenoxy) is 6. The summed E-state index contributed by atoms with van der Waals surface area (Å²) < 4.78 is 33.2. The lowest BCUT2D eigenvalue weighted by molar-refractivity contribution is -0.148. The second-order valence-electron chi connectivity index (χ2n) is 10.5. The summed E-state index contributed by atoms with van der Waals surface area (Å²) in [4.78, 5) is 24.2. The molecule has 0 bridgehead atoms. The quantitative estimate of drug-likeness (QED) is 0.199. The third-order valence-electron chi connectivity index (χ3n) is 7.28. The first-order chi connectivity index (χ1) is 16.6. The van der Waals surface area contributed by atoms with Crippen molar-refractivity contribution in [1.82, 2.24) is 0 Å². The van der Waals surface area contributed by atoms with Crippen LogP contribution in [-0.2, 0) is 38.0 Å². The molecule has 194 valence electrons. The Morgan fingerprint density at radius 3 is 1.50 bits per heavy atom. The molecule has 34 heavy (non-hydrogen) atoms. The summed E-state index contributed by atoms with van der Waals surface area (Å²) in [5.74, 6) is 0.412. The van der Waals surface area contributed by atoms with Gasteiger partial charge in [0.25, 0.3) is 0 Å². The zero-order chi connectivity index (χ0) is 23.6. The first-order valence-corrected chi connectivity index (χ1v) is 13.4. The summed E-state index contributed by atoms with van der Waals surface area (Å²) in [6.45, 7) is 3.95. The molecular weight excluding hydrogens is 440 g/mol. The van der Waals surface area contributed by atoms with Crippen LogP contribution in [0.4, 0.5) is 0 Å². The average molecular weight is 483 g/mol. The molecule has 0 amide bonds. The van der Waals surface area contributed by atoms with Crippen LogP contribution >= 0.6 is 0 Å². The van der Waals surface area contributed by atoms with Gasteiger partial charge in [0, 0.05) is 12.8 Å². The van der Waals surface area contributed by atoms with Gasteiger partial charge in [-0.15, -0.1) is 0 Å². The highest BCUT2D eigenvalue weighted by atomic mass is 16.6. The van der Waals surface area contributed by atoms with Crippen molar-refractivity contribution in [2.24, 2.45) is 11.8 Å². The zero-order valence-electron chi connectivity index (χ0n) is 20.5. The Balaban J connectivity index is 0.981. The third kappa shape index (κ3) is 10.2. The van der Waals surface area contributed by atoms with Crippen LogP contribution in [0.5, 0.6) is 0 Å². The maximum absolute atomic E-state index is 12.1. The van der Waals surface area contributed by atoms with Crippen LogP contribution in [0.15, 0.2) is 0 Å². The van der Waals surface area contributed by atoms with E-state index in [1.165, 1.54) is 0 Å². The van der Waals surface area contributed by atoms with Gasteiger partial charge in [-0.1, -0.05) is 12.8 Å². The summed E-state index contributed by atoms with van der Waals surface area (Å²) >= 11 is 0. The molecule has 4 fully saturated rings. The Labute approximate surface area is 203 Å². The number of epoxide rings is 2. The molecule has 6 atom stereocenters. The van der Waals surface area contributed by atoms with E-state index < -0.39 is 0 Å². The van der Waals surface area contributed by atoms with E-state index in [9.17, 15) is 9.59 Å². The van der Waals surface area contributed by atoms with E-state index in [4.69, 9.17) is 28.4 Å². The minimum Gasteiger partial charge on any atom is -0.465 e. The van der Waals surface area contributed by atoms with E-state index in [1.807, 2.05) is 0 Å². The Morgan fingerprint density at radius 2 is 1.09 bits per heavy atom. The first-order valence-electron chi connectivity index (χ1n) is 13.4. The number of hydrogen-bond donors (Lipinski definition) is 0. The van der Waals surface area contributed by atoms with Crippen molar-refractivity contribution in [2.75, 3.05) is 39.6 Å². The number of carbonyl (C=O) groups is 2. The maximum Gasteiger partial charge on any atom is 0.305 e. The van der Waals surface area contributed by atoms with E-state index in [0.29, 0.717) is 76.2 Å². The predicted octanol–water partition coefficient (Wildman–Crippen LogP) is 3.58. The highest BCUT2D eigenvalue weighted by Gasteiger charge is 2.29. The first kappa shape index (κ1) is 25.9. The fourth-order valence-corrected chi connectivity index (χ4v) is 5.01. The molecular formula is C26H42O8. The molecule has 2 saturated heterocycles. The van der Waals surface area contributed by atoms with E-state index in [2.05, 4.69) is 0 Å². The summed E-state index contributed by atoms with van der Waals surface area (Å²) in [6.07, 6.45) is 11.6. The van der Waals surface area contributed by atoms with Gasteiger partial charge >= 0.3 is 11.9 Å². The van der Waals surface area contributed by atoms with Crippen molar-refractivity contribution in [1.29, 1.82) is 0 Å². The maximum atomic E-state index is 12.1. The molecule has 4 rings (SSSR count). The van der Waals surface area contributed by atoms with Gasteiger partial charge < -0.3 is 28.4 Å². The van der Waals surface area contributed by atoms with Gasteiger partial charge in [-0.25, -0.2) is 0 Å². The van der Waals surface area contributed by atoms with Gasteiger partial charge in [0.2, 0.25) is 0 Å². The normalized spacial score (nSPS) is 32.7. The standard InChI is InChI=1S/C26H42O8/c27-25(33-13-19-5-3-7-21(11-19)29-15-23-17-31-23)9-1-2-10-26(28)34-14-20-6-4-8-22(12-20)30-16-24-18-32-24/h19-24H,1-18H2. The highest BCUT2D eigenvalue weighted by molar-refractivity contribution is 5.70. The number of rotatable bonds is 15. The molecule has 0 radical (unpaired) electrons. The number of hydrogen-bond acceptors (Lipinski definition) is 8. The molecule has 2 aliphatic heterocycles. The Kier molecular flexibility index (Phi) is 10.5. The van der Waals surface area contributed by atoms with Gasteiger partial charge in [0.15, 0.2) is 0 Å². The molecule has 0 aromatic carbocycles. The lowest BCUT2D eigenvalue weighted by atomic mass is 9.88. The minimum absolute atomic E-state index is 0.173. The van der Waals surface area contributed by atoms with E-state index in [1.54, 1.807) is 0 Å². The van der Waals surface area contributed by atoms with Crippen molar-refractivity contribution in [3.8, 4) is 0 Å². The van der Waals surface area contributed by atoms with E-state index in [-0.39, 0.29) is 24.1 Å². The summed E-state index contributed by atoms with van der Waals surface area (Å²) in [5, 5.41) is 0. The molecule has 0 spiro atoms. The molecule has 0 aromatic heterocycles. The topological polar surface area (TPSA) is 96.1 Å². The molecule has 2 heterocycles. The van der Waals surface area contributed by atoms with Crippen LogP contribution in [0.3, 0.4) is 0 Å². The SMILES string of the molecule is O=C(CCCCC(=O)OCC1CCCC(OCC2CO2)C1)OCC1CCCC(OCC2CO2)C1. The molecule has 4 aliphatic rings. The van der Waals surface area contributed by atoms with Crippen LogP contribution in [0, 0.1) is 11.8 Å². The van der Waals surface area contributed by atoms with E-state index in [0.717, 1.165) is 64.6 Å². The van der Waals surface area contributed by atoms with Crippen LogP contribution in [0.2, 0.25) is 0 Å². The molecule has 8 heteroatoms. The van der Waals surface area contributed by atoms with E-state index >= 15 is 0 Å². The van der Waals surface area contributed by atoms with Crippen molar-refractivity contribution < 1.29 is 38.0 Å². The monoisotopic (exact) mass is 482 g/mol. The summed E-state index contributed by atoms with van der Waals surface area (Å²) in [7, 11) is 0. The number of unbranched alkanes of at least 4 members (excludes halogenated alkanes) is 1. The lowest BCUT2D eigenvalue weighted by Crippen LogP contribution is -2.27. The van der Waals surface area contributed by atoms with Crippen molar-refractivity contribution >= 4 is 11.9 Å². The number of esters is 2. The molecule has 2 saturated carbocycles. The Bertz CT molecular complexity index is 578. The molecule has 8 nitrogen and oxygen atoms in total. The molecule has 6 unspecified atom stereocenters. The van der Waals surface area contributed by atoms with Crippen molar-refractivity contribution in [3.05, 3.63) is 0 Å². The van der Waals surface area contributed by atoms with Crippen LogP contribution in [0.1, 0.15) is 77.0 Å². The Morgan fingerprint density at radius 1 is 0.647 bits per heavy atom. The van der Waals surface area contributed by atoms with Gasteiger partial charge in [0.05, 0.1) is 51.8 Å². The minimum atomic E-state index is -0.173. The summed E-state index contributed by atoms with van der Waals surface area (Å²) in [6, 6.07) is 0. The fraction of sp³-hybridized carbons (Fsp3) is 0.923. The van der Waals surface area contributed by atoms with Gasteiger partial charge in [0.1, 0.15) is 12.2 Å². The van der Waals surface area contributed by atoms with Gasteiger partial charge in [-0.05, 0) is 63.2 Å². The lowest BCUT2D eigenvalue weighted by Gasteiger charge is -2.28. The van der Waals surface area contributed by atoms with Crippen LogP contribution < -0.4 is 0 Å².